The van der Waals surface area contributed by atoms with Crippen molar-refractivity contribution in [2.24, 2.45) is 0 Å². The molecule has 3 heterocycles. The molecule has 1 unspecified atom stereocenters. The van der Waals surface area contributed by atoms with Crippen molar-refractivity contribution in [3.8, 4) is 0 Å². The van der Waals surface area contributed by atoms with Crippen LogP contribution in [0.5, 0.6) is 0 Å². The summed E-state index contributed by atoms with van der Waals surface area (Å²) in [6.45, 7) is 7.31. The molecule has 2 amide bonds. The van der Waals surface area contributed by atoms with Gasteiger partial charge < -0.3 is 25.0 Å². The van der Waals surface area contributed by atoms with Crippen molar-refractivity contribution in [2.75, 3.05) is 64.1 Å². The maximum atomic E-state index is 12.5. The molecule has 0 radical (unpaired) electrons. The van der Waals surface area contributed by atoms with E-state index in [0.29, 0.717) is 13.1 Å². The first kappa shape index (κ1) is 21.5. The van der Waals surface area contributed by atoms with E-state index >= 15 is 0 Å². The standard InChI is InChI=1S/C23H31N5O3/c29-23(25-17-19-6-7-24-22(16-19)28-10-14-31-15-11-28)26-18-21(20-4-2-1-3-5-20)27-8-12-30-13-9-27/h1-7,16,21H,8-15,17-18H2,(H2,25,26,29). The largest absolute Gasteiger partial charge is 0.379 e. The van der Waals surface area contributed by atoms with Crippen molar-refractivity contribution in [3.63, 3.8) is 0 Å². The van der Waals surface area contributed by atoms with Crippen LogP contribution in [-0.2, 0) is 16.0 Å². The molecule has 166 valence electrons. The van der Waals surface area contributed by atoms with Gasteiger partial charge in [0, 0.05) is 45.5 Å². The van der Waals surface area contributed by atoms with E-state index in [9.17, 15) is 4.79 Å². The van der Waals surface area contributed by atoms with E-state index < -0.39 is 0 Å². The summed E-state index contributed by atoms with van der Waals surface area (Å²) >= 11 is 0. The summed E-state index contributed by atoms with van der Waals surface area (Å²) in [4.78, 5) is 21.6. The van der Waals surface area contributed by atoms with Crippen LogP contribution in [0.15, 0.2) is 48.7 Å². The highest BCUT2D eigenvalue weighted by atomic mass is 16.5. The van der Waals surface area contributed by atoms with Crippen LogP contribution >= 0.6 is 0 Å². The smallest absolute Gasteiger partial charge is 0.315 e. The number of anilines is 1. The molecular formula is C23H31N5O3. The lowest BCUT2D eigenvalue weighted by molar-refractivity contribution is 0.0167. The third kappa shape index (κ3) is 6.16. The summed E-state index contributed by atoms with van der Waals surface area (Å²) < 4.78 is 10.9. The first-order valence-corrected chi connectivity index (χ1v) is 11.0. The van der Waals surface area contributed by atoms with Gasteiger partial charge in [-0.25, -0.2) is 9.78 Å². The third-order valence-electron chi connectivity index (χ3n) is 5.72. The van der Waals surface area contributed by atoms with Crippen molar-refractivity contribution in [1.29, 1.82) is 0 Å². The number of nitrogens with one attached hydrogen (secondary N) is 2. The molecule has 2 aliphatic heterocycles. The van der Waals surface area contributed by atoms with Crippen molar-refractivity contribution in [2.45, 2.75) is 12.6 Å². The minimum absolute atomic E-state index is 0.129. The number of hydrogen-bond donors (Lipinski definition) is 2. The van der Waals surface area contributed by atoms with Crippen molar-refractivity contribution in [3.05, 3.63) is 59.8 Å². The zero-order valence-electron chi connectivity index (χ0n) is 17.8. The topological polar surface area (TPSA) is 79.0 Å². The van der Waals surface area contributed by atoms with Crippen LogP contribution in [0.1, 0.15) is 17.2 Å². The number of benzene rings is 1. The number of pyridine rings is 1. The number of urea groups is 1. The van der Waals surface area contributed by atoms with Gasteiger partial charge >= 0.3 is 6.03 Å². The van der Waals surface area contributed by atoms with Gasteiger partial charge in [-0.2, -0.15) is 0 Å². The quantitative estimate of drug-likeness (QED) is 0.704. The minimum Gasteiger partial charge on any atom is -0.379 e. The molecule has 2 N–H and O–H groups in total. The summed E-state index contributed by atoms with van der Waals surface area (Å²) in [5.74, 6) is 0.930. The Morgan fingerprint density at radius 2 is 1.68 bits per heavy atom. The fourth-order valence-corrected chi connectivity index (χ4v) is 3.99. The van der Waals surface area contributed by atoms with Crippen LogP contribution in [0, 0.1) is 0 Å². The van der Waals surface area contributed by atoms with Gasteiger partial charge in [0.2, 0.25) is 0 Å². The number of aromatic nitrogens is 1. The molecule has 0 aliphatic carbocycles. The van der Waals surface area contributed by atoms with E-state index in [-0.39, 0.29) is 12.1 Å². The molecular weight excluding hydrogens is 394 g/mol. The SMILES string of the molecule is O=C(NCc1ccnc(N2CCOCC2)c1)NCC(c1ccccc1)N1CCOCC1. The molecule has 31 heavy (non-hydrogen) atoms. The van der Waals surface area contributed by atoms with Gasteiger partial charge in [0.15, 0.2) is 0 Å². The van der Waals surface area contributed by atoms with Gasteiger partial charge in [0.05, 0.1) is 32.5 Å². The lowest BCUT2D eigenvalue weighted by Crippen LogP contribution is -2.45. The predicted octanol–water partition coefficient (Wildman–Crippen LogP) is 1.79. The molecule has 0 saturated carbocycles. The Bertz CT molecular complexity index is 823. The summed E-state index contributed by atoms with van der Waals surface area (Å²) in [7, 11) is 0. The number of carbonyl (C=O) groups is 1. The maximum Gasteiger partial charge on any atom is 0.315 e. The van der Waals surface area contributed by atoms with Gasteiger partial charge in [-0.3, -0.25) is 4.90 Å². The minimum atomic E-state index is -0.168. The second-order valence-corrected chi connectivity index (χ2v) is 7.76. The zero-order valence-corrected chi connectivity index (χ0v) is 17.8. The van der Waals surface area contributed by atoms with Gasteiger partial charge in [0.25, 0.3) is 0 Å². The monoisotopic (exact) mass is 425 g/mol. The van der Waals surface area contributed by atoms with E-state index in [2.05, 4.69) is 37.6 Å². The van der Waals surface area contributed by atoms with Crippen molar-refractivity contribution in [1.82, 2.24) is 20.5 Å². The van der Waals surface area contributed by atoms with Gasteiger partial charge in [0.1, 0.15) is 5.82 Å². The van der Waals surface area contributed by atoms with Crippen molar-refractivity contribution < 1.29 is 14.3 Å². The highest BCUT2D eigenvalue weighted by Crippen LogP contribution is 2.21. The van der Waals surface area contributed by atoms with E-state index in [4.69, 9.17) is 9.47 Å². The van der Waals surface area contributed by atoms with E-state index in [1.807, 2.05) is 30.3 Å². The predicted molar refractivity (Wildman–Crippen MR) is 119 cm³/mol. The first-order valence-electron chi connectivity index (χ1n) is 11.0. The van der Waals surface area contributed by atoms with Crippen LogP contribution in [0.2, 0.25) is 0 Å². The summed E-state index contributed by atoms with van der Waals surface area (Å²) in [6, 6.07) is 14.3. The Balaban J connectivity index is 1.30. The Morgan fingerprint density at radius 1 is 0.968 bits per heavy atom. The van der Waals surface area contributed by atoms with E-state index in [0.717, 1.165) is 64.0 Å². The lowest BCUT2D eigenvalue weighted by atomic mass is 10.0. The number of nitrogens with zero attached hydrogens (tertiary/aromatic N) is 3. The molecule has 1 atom stereocenters. The molecule has 0 bridgehead atoms. The Hall–Kier alpha value is -2.68. The highest BCUT2D eigenvalue weighted by Gasteiger charge is 2.23. The second kappa shape index (κ2) is 11.1. The number of carbonyl (C=O) groups excluding carboxylic acids is 1. The third-order valence-corrected chi connectivity index (χ3v) is 5.72. The normalized spacial score (nSPS) is 18.4. The fourth-order valence-electron chi connectivity index (χ4n) is 3.99. The Morgan fingerprint density at radius 3 is 2.42 bits per heavy atom. The summed E-state index contributed by atoms with van der Waals surface area (Å²) in [5, 5.41) is 6.03. The van der Waals surface area contributed by atoms with Crippen LogP contribution in [0.3, 0.4) is 0 Å². The molecule has 8 heteroatoms. The Kier molecular flexibility index (Phi) is 7.71. The van der Waals surface area contributed by atoms with Gasteiger partial charge in [-0.15, -0.1) is 0 Å². The zero-order chi connectivity index (χ0) is 21.3. The summed E-state index contributed by atoms with van der Waals surface area (Å²) in [5.41, 5.74) is 2.23. The highest BCUT2D eigenvalue weighted by molar-refractivity contribution is 5.73. The molecule has 2 saturated heterocycles. The number of hydrogen-bond acceptors (Lipinski definition) is 6. The second-order valence-electron chi connectivity index (χ2n) is 7.76. The Labute approximate surface area is 183 Å². The molecule has 2 aromatic rings. The number of ether oxygens (including phenoxy) is 2. The lowest BCUT2D eigenvalue weighted by Gasteiger charge is -2.34. The number of morpholine rings is 2. The van der Waals surface area contributed by atoms with Gasteiger partial charge in [-0.05, 0) is 23.3 Å². The maximum absolute atomic E-state index is 12.5. The van der Waals surface area contributed by atoms with E-state index in [1.54, 1.807) is 6.20 Å². The number of rotatable bonds is 7. The molecule has 1 aromatic heterocycles. The van der Waals surface area contributed by atoms with Crippen LogP contribution in [-0.4, -0.2) is 75.1 Å². The van der Waals surface area contributed by atoms with Crippen molar-refractivity contribution >= 4 is 11.8 Å². The average Bonchev–Trinajstić information content (AvgIpc) is 2.85. The first-order chi connectivity index (χ1) is 15.3. The van der Waals surface area contributed by atoms with Crippen LogP contribution < -0.4 is 15.5 Å². The average molecular weight is 426 g/mol. The fraction of sp³-hybridized carbons (Fsp3) is 0.478. The van der Waals surface area contributed by atoms with Crippen LogP contribution in [0.4, 0.5) is 10.6 Å². The molecule has 8 nitrogen and oxygen atoms in total. The molecule has 4 rings (SSSR count). The molecule has 2 fully saturated rings. The molecule has 1 aromatic carbocycles. The van der Waals surface area contributed by atoms with Gasteiger partial charge in [-0.1, -0.05) is 30.3 Å². The summed E-state index contributed by atoms with van der Waals surface area (Å²) in [6.07, 6.45) is 1.80. The van der Waals surface area contributed by atoms with Crippen LogP contribution in [0.25, 0.3) is 0 Å². The number of amides is 2. The molecule has 2 aliphatic rings. The van der Waals surface area contributed by atoms with E-state index in [1.165, 1.54) is 5.56 Å². The molecule has 0 spiro atoms.